The van der Waals surface area contributed by atoms with Gasteiger partial charge in [-0.3, -0.25) is 4.79 Å². The first-order valence-electron chi connectivity index (χ1n) is 7.26. The summed E-state index contributed by atoms with van der Waals surface area (Å²) >= 11 is 0. The Morgan fingerprint density at radius 2 is 2.00 bits per heavy atom. The molecule has 0 aromatic heterocycles. The molecule has 1 aliphatic heterocycles. The summed E-state index contributed by atoms with van der Waals surface area (Å²) in [4.78, 5) is 13.8. The molecule has 1 amide bonds. The molecule has 0 unspecified atom stereocenters. The first-order chi connectivity index (χ1) is 10.9. The molecule has 1 heterocycles. The van der Waals surface area contributed by atoms with Crippen LogP contribution >= 0.6 is 0 Å². The predicted molar refractivity (Wildman–Crippen MR) is 84.3 cm³/mol. The van der Waals surface area contributed by atoms with Gasteiger partial charge in [-0.1, -0.05) is 12.1 Å². The third kappa shape index (κ3) is 4.68. The molecular weight excluding hydrogens is 318 g/mol. The molecule has 8 heteroatoms. The Labute approximate surface area is 136 Å². The summed E-state index contributed by atoms with van der Waals surface area (Å²) in [6.45, 7) is 1.38. The van der Waals surface area contributed by atoms with E-state index >= 15 is 0 Å². The van der Waals surface area contributed by atoms with Crippen LogP contribution in [0.25, 0.3) is 0 Å². The van der Waals surface area contributed by atoms with E-state index in [0.717, 1.165) is 0 Å². The van der Waals surface area contributed by atoms with Crippen molar-refractivity contribution in [3.63, 3.8) is 0 Å². The van der Waals surface area contributed by atoms with Crippen LogP contribution in [0.5, 0.6) is 5.75 Å². The zero-order chi connectivity index (χ0) is 16.9. The van der Waals surface area contributed by atoms with Crippen LogP contribution in [-0.4, -0.2) is 62.6 Å². The van der Waals surface area contributed by atoms with Crippen molar-refractivity contribution in [2.75, 3.05) is 39.0 Å². The Hall–Kier alpha value is -2.11. The maximum atomic E-state index is 12.2. The lowest BCUT2D eigenvalue weighted by molar-refractivity contribution is -0.133. The lowest BCUT2D eigenvalue weighted by atomic mass is 10.2. The molecule has 7 nitrogen and oxygen atoms in total. The van der Waals surface area contributed by atoms with Crippen LogP contribution in [0, 0.1) is 11.3 Å². The summed E-state index contributed by atoms with van der Waals surface area (Å²) < 4.78 is 29.9. The summed E-state index contributed by atoms with van der Waals surface area (Å²) in [5.74, 6) is 0.157. The third-order valence-electron chi connectivity index (χ3n) is 3.64. The number of carbonyl (C=O) groups excluding carboxylic acids is 1. The molecule has 0 N–H and O–H groups in total. The second-order valence-corrected chi connectivity index (χ2v) is 7.28. The van der Waals surface area contributed by atoms with Gasteiger partial charge in [0.25, 0.3) is 5.91 Å². The number of sulfonamides is 1. The van der Waals surface area contributed by atoms with E-state index in [9.17, 15) is 13.2 Å². The Bertz CT molecular complexity index is 712. The fourth-order valence-electron chi connectivity index (χ4n) is 2.39. The minimum absolute atomic E-state index is 0.169. The van der Waals surface area contributed by atoms with Crippen LogP contribution < -0.4 is 4.74 Å². The number of rotatable bonds is 4. The number of carbonyl (C=O) groups is 1. The zero-order valence-corrected chi connectivity index (χ0v) is 13.8. The molecule has 0 saturated carbocycles. The van der Waals surface area contributed by atoms with Gasteiger partial charge in [-0.15, -0.1) is 0 Å². The van der Waals surface area contributed by atoms with Gasteiger partial charge in [0.2, 0.25) is 10.0 Å². The maximum Gasteiger partial charge on any atom is 0.260 e. The molecule has 0 radical (unpaired) electrons. The lowest BCUT2D eigenvalue weighted by Crippen LogP contribution is -2.39. The van der Waals surface area contributed by atoms with Crippen molar-refractivity contribution in [3.05, 3.63) is 29.8 Å². The van der Waals surface area contributed by atoms with E-state index in [4.69, 9.17) is 10.00 Å². The highest BCUT2D eigenvalue weighted by molar-refractivity contribution is 7.88. The summed E-state index contributed by atoms with van der Waals surface area (Å²) in [7, 11) is -3.23. The molecule has 0 spiro atoms. The van der Waals surface area contributed by atoms with Gasteiger partial charge in [-0.25, -0.2) is 12.7 Å². The lowest BCUT2D eigenvalue weighted by Gasteiger charge is -2.21. The fourth-order valence-corrected chi connectivity index (χ4v) is 3.26. The van der Waals surface area contributed by atoms with Gasteiger partial charge < -0.3 is 9.64 Å². The normalized spacial score (nSPS) is 16.4. The topological polar surface area (TPSA) is 90.7 Å². The van der Waals surface area contributed by atoms with Gasteiger partial charge in [-0.05, 0) is 18.6 Å². The van der Waals surface area contributed by atoms with E-state index in [2.05, 4.69) is 0 Å². The summed E-state index contributed by atoms with van der Waals surface area (Å²) in [6.07, 6.45) is 1.76. The molecule has 124 valence electrons. The molecule has 1 fully saturated rings. The molecule has 1 aromatic rings. The second kappa shape index (κ2) is 7.44. The minimum atomic E-state index is -3.23. The molecule has 1 aliphatic rings. The zero-order valence-electron chi connectivity index (χ0n) is 12.9. The number of ether oxygens (including phenoxy) is 1. The predicted octanol–water partition coefficient (Wildman–Crippen LogP) is 0.431. The summed E-state index contributed by atoms with van der Waals surface area (Å²) in [5, 5.41) is 8.99. The molecule has 1 aromatic carbocycles. The average Bonchev–Trinajstić information content (AvgIpc) is 2.78. The van der Waals surface area contributed by atoms with Crippen molar-refractivity contribution in [2.24, 2.45) is 0 Å². The molecule has 0 aliphatic carbocycles. The van der Waals surface area contributed by atoms with E-state index in [0.29, 0.717) is 43.9 Å². The van der Waals surface area contributed by atoms with E-state index in [1.807, 2.05) is 6.07 Å². The number of para-hydroxylation sites is 1. The summed E-state index contributed by atoms with van der Waals surface area (Å²) in [5.41, 5.74) is 0.374. The second-order valence-electron chi connectivity index (χ2n) is 5.29. The summed E-state index contributed by atoms with van der Waals surface area (Å²) in [6, 6.07) is 8.72. The van der Waals surface area contributed by atoms with Crippen LogP contribution in [0.2, 0.25) is 0 Å². The van der Waals surface area contributed by atoms with Crippen molar-refractivity contribution in [2.45, 2.75) is 6.42 Å². The quantitative estimate of drug-likeness (QED) is 0.795. The highest BCUT2D eigenvalue weighted by Crippen LogP contribution is 2.16. The van der Waals surface area contributed by atoms with Crippen LogP contribution in [0.3, 0.4) is 0 Å². The Balaban J connectivity index is 1.93. The monoisotopic (exact) mass is 337 g/mol. The highest BCUT2D eigenvalue weighted by Gasteiger charge is 2.24. The number of nitrogens with zero attached hydrogens (tertiary/aromatic N) is 3. The molecule has 0 atom stereocenters. The highest BCUT2D eigenvalue weighted by atomic mass is 32.2. The van der Waals surface area contributed by atoms with Crippen molar-refractivity contribution in [1.29, 1.82) is 5.26 Å². The Morgan fingerprint density at radius 1 is 1.26 bits per heavy atom. The average molecular weight is 337 g/mol. The van der Waals surface area contributed by atoms with Crippen LogP contribution in [-0.2, 0) is 14.8 Å². The number of nitriles is 1. The van der Waals surface area contributed by atoms with Crippen molar-refractivity contribution in [3.8, 4) is 11.8 Å². The molecule has 2 rings (SSSR count). The SMILES string of the molecule is CS(=O)(=O)N1CCCN(C(=O)COc2ccccc2C#N)CC1. The Morgan fingerprint density at radius 3 is 2.70 bits per heavy atom. The van der Waals surface area contributed by atoms with Gasteiger partial charge in [0.1, 0.15) is 11.8 Å². The number of hydrogen-bond acceptors (Lipinski definition) is 5. The standard InChI is InChI=1S/C15H19N3O4S/c1-23(20,21)18-8-4-7-17(9-10-18)15(19)12-22-14-6-3-2-5-13(14)11-16/h2-3,5-6H,4,7-10,12H2,1H3. The first kappa shape index (κ1) is 17.2. The van der Waals surface area contributed by atoms with Gasteiger partial charge in [0, 0.05) is 26.2 Å². The number of amides is 1. The van der Waals surface area contributed by atoms with Crippen LogP contribution in [0.15, 0.2) is 24.3 Å². The van der Waals surface area contributed by atoms with Gasteiger partial charge in [0.05, 0.1) is 11.8 Å². The van der Waals surface area contributed by atoms with Crippen molar-refractivity contribution >= 4 is 15.9 Å². The minimum Gasteiger partial charge on any atom is -0.482 e. The molecule has 0 bridgehead atoms. The van der Waals surface area contributed by atoms with E-state index in [1.54, 1.807) is 29.2 Å². The van der Waals surface area contributed by atoms with E-state index in [1.165, 1.54) is 10.6 Å². The largest absolute Gasteiger partial charge is 0.482 e. The molecular formula is C15H19N3O4S. The Kier molecular flexibility index (Phi) is 5.58. The fraction of sp³-hybridized carbons (Fsp3) is 0.467. The van der Waals surface area contributed by atoms with Crippen LogP contribution in [0.4, 0.5) is 0 Å². The van der Waals surface area contributed by atoms with Crippen molar-refractivity contribution < 1.29 is 17.9 Å². The number of hydrogen-bond donors (Lipinski definition) is 0. The first-order valence-corrected chi connectivity index (χ1v) is 9.11. The third-order valence-corrected chi connectivity index (χ3v) is 4.94. The van der Waals surface area contributed by atoms with Gasteiger partial charge >= 0.3 is 0 Å². The maximum absolute atomic E-state index is 12.2. The van der Waals surface area contributed by atoms with Crippen molar-refractivity contribution in [1.82, 2.24) is 9.21 Å². The van der Waals surface area contributed by atoms with Crippen LogP contribution in [0.1, 0.15) is 12.0 Å². The molecule has 1 saturated heterocycles. The van der Waals surface area contributed by atoms with Gasteiger partial charge in [0.15, 0.2) is 6.61 Å². The van der Waals surface area contributed by atoms with Gasteiger partial charge in [-0.2, -0.15) is 5.26 Å². The smallest absolute Gasteiger partial charge is 0.260 e. The van der Waals surface area contributed by atoms with E-state index < -0.39 is 10.0 Å². The molecule has 23 heavy (non-hydrogen) atoms. The number of benzene rings is 1. The van der Waals surface area contributed by atoms with E-state index in [-0.39, 0.29) is 12.5 Å².